The van der Waals surface area contributed by atoms with Gasteiger partial charge in [-0.1, -0.05) is 0 Å². The molecule has 0 spiro atoms. The van der Waals surface area contributed by atoms with E-state index in [0.29, 0.717) is 6.04 Å². The maximum atomic E-state index is 2.67. The summed E-state index contributed by atoms with van der Waals surface area (Å²) < 4.78 is 4.80. The molecule has 0 N–H and O–H groups in total. The molecule has 0 aromatic rings. The average molecular weight is 400 g/mol. The fourth-order valence-corrected chi connectivity index (χ4v) is 10.4. The van der Waals surface area contributed by atoms with Gasteiger partial charge in [0.2, 0.25) is 0 Å². The summed E-state index contributed by atoms with van der Waals surface area (Å²) >= 11 is -1.18. The van der Waals surface area contributed by atoms with Crippen LogP contribution in [0.3, 0.4) is 0 Å². The van der Waals surface area contributed by atoms with Crippen LogP contribution in [0, 0.1) is 0 Å². The molecule has 0 aliphatic rings. The molecule has 0 aliphatic carbocycles. The molecule has 0 aromatic heterocycles. The fraction of sp³-hybridized carbons (Fsp3) is 1.00. The van der Waals surface area contributed by atoms with Crippen LogP contribution in [0.5, 0.6) is 0 Å². The van der Waals surface area contributed by atoms with Gasteiger partial charge in [-0.05, 0) is 0 Å². The van der Waals surface area contributed by atoms with Crippen molar-refractivity contribution in [3.63, 3.8) is 0 Å². The van der Waals surface area contributed by atoms with Crippen LogP contribution in [-0.4, -0.2) is 70.0 Å². The first kappa shape index (κ1) is 21.8. The standard InChI is InChI=1S/C9H20N.C7H16N.C2H5.In/c1-5-7-10(8-6-2)9(3)4;1-5-6-8(4)7(2)3;1-2;/h9H,1,5-8H2,2-4H3;7H,1,5-6H2,2-4H3;1H2,2H3;. The molecule has 0 aromatic carbocycles. The van der Waals surface area contributed by atoms with Gasteiger partial charge >= 0.3 is 143 Å². The van der Waals surface area contributed by atoms with Crippen molar-refractivity contribution < 1.29 is 0 Å². The molecule has 0 unspecified atom stereocenters. The Labute approximate surface area is 143 Å². The first-order chi connectivity index (χ1) is 9.92. The molecule has 21 heavy (non-hydrogen) atoms. The van der Waals surface area contributed by atoms with E-state index in [4.69, 9.17) is 0 Å². The predicted molar refractivity (Wildman–Crippen MR) is 99.8 cm³/mol. The van der Waals surface area contributed by atoms with Gasteiger partial charge in [-0.15, -0.1) is 0 Å². The zero-order chi connectivity index (χ0) is 16.3. The van der Waals surface area contributed by atoms with Crippen LogP contribution in [0.25, 0.3) is 0 Å². The zero-order valence-corrected chi connectivity index (χ0v) is 19.3. The molecule has 0 heterocycles. The summed E-state index contributed by atoms with van der Waals surface area (Å²) in [5.41, 5.74) is 0. The van der Waals surface area contributed by atoms with E-state index in [1.807, 2.05) is 0 Å². The number of rotatable bonds is 13. The summed E-state index contributed by atoms with van der Waals surface area (Å²) in [4.78, 5) is 5.17. The van der Waals surface area contributed by atoms with Crippen molar-refractivity contribution in [2.75, 3.05) is 26.7 Å². The van der Waals surface area contributed by atoms with E-state index in [1.165, 1.54) is 38.9 Å². The summed E-state index contributed by atoms with van der Waals surface area (Å²) in [5.74, 6) is 0. The molecule has 126 valence electrons. The van der Waals surface area contributed by atoms with Crippen LogP contribution in [0.4, 0.5) is 0 Å². The molecule has 0 amide bonds. The van der Waals surface area contributed by atoms with Crippen molar-refractivity contribution in [1.82, 2.24) is 9.80 Å². The Hall–Kier alpha value is 0.790. The van der Waals surface area contributed by atoms with E-state index >= 15 is 0 Å². The molecular weight excluding hydrogens is 359 g/mol. The Bertz CT molecular complexity index is 231. The fourth-order valence-electron chi connectivity index (χ4n) is 2.94. The zero-order valence-electron chi connectivity index (χ0n) is 16.0. The normalized spacial score (nSPS) is 12.1. The minimum atomic E-state index is -1.18. The van der Waals surface area contributed by atoms with E-state index in [1.54, 1.807) is 12.5 Å². The third kappa shape index (κ3) is 11.0. The van der Waals surface area contributed by atoms with Gasteiger partial charge in [0.1, 0.15) is 0 Å². The third-order valence-electron chi connectivity index (χ3n) is 4.88. The van der Waals surface area contributed by atoms with E-state index in [-0.39, 0.29) is 0 Å². The molecule has 0 atom stereocenters. The third-order valence-corrected chi connectivity index (χ3v) is 15.2. The molecule has 0 fully saturated rings. The second-order valence-electron chi connectivity index (χ2n) is 7.26. The summed E-state index contributed by atoms with van der Waals surface area (Å²) in [6, 6.07) is 1.42. The Kier molecular flexibility index (Phi) is 13.7. The molecule has 2 nitrogen and oxygen atoms in total. The first-order valence-corrected chi connectivity index (χ1v) is 16.4. The predicted octanol–water partition coefficient (Wildman–Crippen LogP) is 4.74. The topological polar surface area (TPSA) is 6.48 Å². The number of hydrogen-bond donors (Lipinski definition) is 0. The molecule has 0 bridgehead atoms. The summed E-state index contributed by atoms with van der Waals surface area (Å²) in [6.07, 6.45) is 4.21. The monoisotopic (exact) mass is 400 g/mol. The summed E-state index contributed by atoms with van der Waals surface area (Å²) in [6.45, 7) is 18.0. The van der Waals surface area contributed by atoms with Gasteiger partial charge in [-0.25, -0.2) is 0 Å². The van der Waals surface area contributed by atoms with E-state index in [0.717, 1.165) is 6.04 Å². The maximum absolute atomic E-state index is 2.67. The quantitative estimate of drug-likeness (QED) is 0.441. The molecule has 0 saturated heterocycles. The number of hydrogen-bond acceptors (Lipinski definition) is 2. The van der Waals surface area contributed by atoms with E-state index in [9.17, 15) is 0 Å². The molecule has 0 radical (unpaired) electrons. The Morgan fingerprint density at radius 2 is 1.38 bits per heavy atom. The van der Waals surface area contributed by atoms with Crippen molar-refractivity contribution in [1.29, 1.82) is 0 Å². The van der Waals surface area contributed by atoms with E-state index < -0.39 is 21.4 Å². The van der Waals surface area contributed by atoms with Gasteiger partial charge in [0.25, 0.3) is 0 Å². The average Bonchev–Trinajstić information content (AvgIpc) is 2.43. The molecule has 0 rings (SSSR count). The molecule has 0 aliphatic heterocycles. The van der Waals surface area contributed by atoms with Crippen LogP contribution < -0.4 is 0 Å². The van der Waals surface area contributed by atoms with E-state index in [2.05, 4.69) is 58.4 Å². The van der Waals surface area contributed by atoms with Crippen molar-refractivity contribution in [2.45, 2.75) is 85.4 Å². The van der Waals surface area contributed by atoms with Gasteiger partial charge in [0.05, 0.1) is 0 Å². The summed E-state index contributed by atoms with van der Waals surface area (Å²) in [7, 11) is 2.27. The van der Waals surface area contributed by atoms with Crippen molar-refractivity contribution in [3.8, 4) is 0 Å². The first-order valence-electron chi connectivity index (χ1n) is 9.36. The Morgan fingerprint density at radius 3 is 1.81 bits per heavy atom. The molecular formula is C18H41InN2. The molecule has 3 heteroatoms. The summed E-state index contributed by atoms with van der Waals surface area (Å²) in [5, 5.41) is 0. The van der Waals surface area contributed by atoms with Crippen LogP contribution >= 0.6 is 0 Å². The van der Waals surface area contributed by atoms with Crippen molar-refractivity contribution >= 4 is 21.4 Å². The van der Waals surface area contributed by atoms with Gasteiger partial charge in [-0.3, -0.25) is 0 Å². The van der Waals surface area contributed by atoms with Gasteiger partial charge in [0.15, 0.2) is 0 Å². The van der Waals surface area contributed by atoms with Crippen molar-refractivity contribution in [3.05, 3.63) is 0 Å². The van der Waals surface area contributed by atoms with Gasteiger partial charge in [-0.2, -0.15) is 0 Å². The van der Waals surface area contributed by atoms with Crippen LogP contribution in [0.15, 0.2) is 0 Å². The van der Waals surface area contributed by atoms with Crippen LogP contribution in [-0.2, 0) is 0 Å². The van der Waals surface area contributed by atoms with Gasteiger partial charge in [0, 0.05) is 0 Å². The SMILES string of the molecule is CCCN(CC[CH2][In]([CH2]C)[CH2]CCN(C)C(C)C)C(C)C. The minimum absolute atomic E-state index is 0.703. The number of nitrogens with zero attached hydrogens (tertiary/aromatic N) is 2. The Balaban J connectivity index is 3.88. The second kappa shape index (κ2) is 13.2. The Morgan fingerprint density at radius 1 is 0.810 bits per heavy atom. The van der Waals surface area contributed by atoms with Crippen LogP contribution in [0.2, 0.25) is 12.5 Å². The van der Waals surface area contributed by atoms with Crippen LogP contribution in [0.1, 0.15) is 60.8 Å². The second-order valence-corrected chi connectivity index (χ2v) is 17.8. The van der Waals surface area contributed by atoms with Crippen molar-refractivity contribution in [2.24, 2.45) is 0 Å². The van der Waals surface area contributed by atoms with Gasteiger partial charge < -0.3 is 0 Å². The molecule has 0 saturated carbocycles.